The van der Waals surface area contributed by atoms with Crippen molar-refractivity contribution in [2.75, 3.05) is 11.9 Å². The van der Waals surface area contributed by atoms with Crippen molar-refractivity contribution in [3.63, 3.8) is 0 Å². The van der Waals surface area contributed by atoms with Crippen LogP contribution in [-0.4, -0.2) is 23.5 Å². The lowest BCUT2D eigenvalue weighted by Crippen LogP contribution is -2.27. The molecule has 3 rings (SSSR count). The number of carbonyl (C=O) groups excluding carboxylic acids is 1. The summed E-state index contributed by atoms with van der Waals surface area (Å²) >= 11 is 3.30. The summed E-state index contributed by atoms with van der Waals surface area (Å²) in [7, 11) is 0. The molecule has 23 heavy (non-hydrogen) atoms. The average molecular weight is 370 g/mol. The molecule has 7 heteroatoms. The van der Waals surface area contributed by atoms with Gasteiger partial charge in [0.15, 0.2) is 4.34 Å². The third-order valence-corrected chi connectivity index (χ3v) is 5.60. The minimum atomic E-state index is 0. The van der Waals surface area contributed by atoms with E-state index in [0.717, 1.165) is 33.6 Å². The predicted molar refractivity (Wildman–Crippen MR) is 98.9 cm³/mol. The summed E-state index contributed by atoms with van der Waals surface area (Å²) in [5.41, 5.74) is 1.90. The number of carbonyl (C=O) groups is 1. The Bertz CT molecular complexity index is 639. The Morgan fingerprint density at radius 1 is 1.43 bits per heavy atom. The van der Waals surface area contributed by atoms with Gasteiger partial charge in [-0.05, 0) is 50.6 Å². The molecular formula is C16H20ClN3OS2. The Balaban J connectivity index is 0.00000192. The Hall–Kier alpha value is -1.08. The molecule has 1 atom stereocenters. The maximum Gasteiger partial charge on any atom is 0.225 e. The van der Waals surface area contributed by atoms with Crippen molar-refractivity contribution in [3.8, 4) is 0 Å². The highest BCUT2D eigenvalue weighted by atomic mass is 35.5. The number of anilines is 1. The fourth-order valence-corrected chi connectivity index (χ4v) is 4.26. The number of rotatable bonds is 5. The van der Waals surface area contributed by atoms with E-state index in [1.165, 1.54) is 6.42 Å². The van der Waals surface area contributed by atoms with Crippen LogP contribution < -0.4 is 10.6 Å². The molecule has 2 aromatic rings. The average Bonchev–Trinajstić information content (AvgIpc) is 3.13. The summed E-state index contributed by atoms with van der Waals surface area (Å²) in [4.78, 5) is 17.6. The SMILES string of the molecule is Cc1csc(Sc2ccc(NC(=O)CC3CCCN3)cc2)n1.Cl. The summed E-state index contributed by atoms with van der Waals surface area (Å²) in [6.45, 7) is 3.03. The molecule has 0 radical (unpaired) electrons. The van der Waals surface area contributed by atoms with Gasteiger partial charge in [0.25, 0.3) is 0 Å². The molecular weight excluding hydrogens is 350 g/mol. The lowest BCUT2D eigenvalue weighted by Gasteiger charge is -2.10. The summed E-state index contributed by atoms with van der Waals surface area (Å²) in [5.74, 6) is 0.0790. The van der Waals surface area contributed by atoms with Gasteiger partial charge in [0.2, 0.25) is 5.91 Å². The zero-order valence-electron chi connectivity index (χ0n) is 12.9. The Kier molecular flexibility index (Phi) is 6.89. The fourth-order valence-electron chi connectivity index (χ4n) is 2.45. The molecule has 1 fully saturated rings. The second-order valence-corrected chi connectivity index (χ2v) is 7.61. The van der Waals surface area contributed by atoms with E-state index in [1.54, 1.807) is 23.1 Å². The van der Waals surface area contributed by atoms with Crippen LogP contribution in [0, 0.1) is 6.92 Å². The fraction of sp³-hybridized carbons (Fsp3) is 0.375. The second-order valence-electron chi connectivity index (χ2n) is 5.43. The number of benzene rings is 1. The number of aromatic nitrogens is 1. The molecule has 1 aromatic heterocycles. The van der Waals surface area contributed by atoms with Crippen molar-refractivity contribution < 1.29 is 4.79 Å². The number of nitrogens with one attached hydrogen (secondary N) is 2. The van der Waals surface area contributed by atoms with Crippen molar-refractivity contribution >= 4 is 47.1 Å². The molecule has 1 saturated heterocycles. The first-order valence-corrected chi connectivity index (χ1v) is 9.12. The second kappa shape index (κ2) is 8.68. The van der Waals surface area contributed by atoms with Crippen LogP contribution in [-0.2, 0) is 4.79 Å². The van der Waals surface area contributed by atoms with Crippen LogP contribution in [0.4, 0.5) is 5.69 Å². The maximum atomic E-state index is 12.0. The molecule has 2 heterocycles. The molecule has 0 aliphatic carbocycles. The zero-order valence-corrected chi connectivity index (χ0v) is 15.3. The largest absolute Gasteiger partial charge is 0.326 e. The Labute approximate surface area is 150 Å². The third-order valence-electron chi connectivity index (χ3n) is 3.54. The van der Waals surface area contributed by atoms with E-state index < -0.39 is 0 Å². The van der Waals surface area contributed by atoms with Crippen LogP contribution in [0.2, 0.25) is 0 Å². The van der Waals surface area contributed by atoms with Crippen LogP contribution in [0.5, 0.6) is 0 Å². The summed E-state index contributed by atoms with van der Waals surface area (Å²) in [6.07, 6.45) is 2.81. The molecule has 1 amide bonds. The molecule has 2 N–H and O–H groups in total. The number of hydrogen-bond donors (Lipinski definition) is 2. The zero-order chi connectivity index (χ0) is 15.4. The predicted octanol–water partition coefficient (Wildman–Crippen LogP) is 4.11. The van der Waals surface area contributed by atoms with Crippen molar-refractivity contribution in [2.24, 2.45) is 0 Å². The lowest BCUT2D eigenvalue weighted by molar-refractivity contribution is -0.116. The van der Waals surface area contributed by atoms with E-state index in [4.69, 9.17) is 0 Å². The summed E-state index contributed by atoms with van der Waals surface area (Å²) in [5, 5.41) is 8.35. The lowest BCUT2D eigenvalue weighted by atomic mass is 10.1. The van der Waals surface area contributed by atoms with Gasteiger partial charge in [-0.25, -0.2) is 4.98 Å². The van der Waals surface area contributed by atoms with Gasteiger partial charge in [0.05, 0.1) is 0 Å². The van der Waals surface area contributed by atoms with E-state index in [-0.39, 0.29) is 18.3 Å². The highest BCUT2D eigenvalue weighted by Crippen LogP contribution is 2.30. The molecule has 1 unspecified atom stereocenters. The van der Waals surface area contributed by atoms with E-state index in [0.29, 0.717) is 12.5 Å². The van der Waals surface area contributed by atoms with E-state index in [2.05, 4.69) is 15.6 Å². The third kappa shape index (κ3) is 5.49. The van der Waals surface area contributed by atoms with E-state index in [1.807, 2.05) is 36.6 Å². The van der Waals surface area contributed by atoms with Gasteiger partial charge in [-0.1, -0.05) is 11.8 Å². The molecule has 4 nitrogen and oxygen atoms in total. The van der Waals surface area contributed by atoms with Crippen molar-refractivity contribution in [1.82, 2.24) is 10.3 Å². The maximum absolute atomic E-state index is 12.0. The number of amides is 1. The molecule has 0 bridgehead atoms. The van der Waals surface area contributed by atoms with Crippen LogP contribution in [0.3, 0.4) is 0 Å². The summed E-state index contributed by atoms with van der Waals surface area (Å²) in [6, 6.07) is 8.27. The van der Waals surface area contributed by atoms with Gasteiger partial charge >= 0.3 is 0 Å². The smallest absolute Gasteiger partial charge is 0.225 e. The van der Waals surface area contributed by atoms with E-state index in [9.17, 15) is 4.79 Å². The molecule has 1 aliphatic rings. The molecule has 0 spiro atoms. The van der Waals surface area contributed by atoms with Gasteiger partial charge in [-0.2, -0.15) is 0 Å². The monoisotopic (exact) mass is 369 g/mol. The minimum Gasteiger partial charge on any atom is -0.326 e. The van der Waals surface area contributed by atoms with Crippen molar-refractivity contribution in [3.05, 3.63) is 35.3 Å². The number of aryl methyl sites for hydroxylation is 1. The van der Waals surface area contributed by atoms with Gasteiger partial charge in [-0.15, -0.1) is 23.7 Å². The number of nitrogens with zero attached hydrogens (tertiary/aromatic N) is 1. The first-order chi connectivity index (χ1) is 10.7. The van der Waals surface area contributed by atoms with Gasteiger partial charge in [0, 0.05) is 34.1 Å². The van der Waals surface area contributed by atoms with Crippen LogP contribution >= 0.6 is 35.5 Å². The van der Waals surface area contributed by atoms with Crippen molar-refractivity contribution in [2.45, 2.75) is 41.5 Å². The number of hydrogen-bond acceptors (Lipinski definition) is 5. The Morgan fingerprint density at radius 3 is 2.83 bits per heavy atom. The van der Waals surface area contributed by atoms with Gasteiger partial charge in [0.1, 0.15) is 0 Å². The molecule has 1 aromatic carbocycles. The van der Waals surface area contributed by atoms with Gasteiger partial charge in [-0.3, -0.25) is 4.79 Å². The van der Waals surface area contributed by atoms with Crippen LogP contribution in [0.15, 0.2) is 38.9 Å². The number of thiazole rings is 1. The normalized spacial score (nSPS) is 16.8. The van der Waals surface area contributed by atoms with E-state index >= 15 is 0 Å². The summed E-state index contributed by atoms with van der Waals surface area (Å²) < 4.78 is 1.04. The first kappa shape index (κ1) is 18.3. The number of halogens is 1. The van der Waals surface area contributed by atoms with Crippen LogP contribution in [0.1, 0.15) is 25.0 Å². The molecule has 124 valence electrons. The topological polar surface area (TPSA) is 54.0 Å². The Morgan fingerprint density at radius 2 is 2.22 bits per heavy atom. The van der Waals surface area contributed by atoms with Gasteiger partial charge < -0.3 is 10.6 Å². The molecule has 0 saturated carbocycles. The van der Waals surface area contributed by atoms with Crippen molar-refractivity contribution in [1.29, 1.82) is 0 Å². The first-order valence-electron chi connectivity index (χ1n) is 7.42. The standard InChI is InChI=1S/C16H19N3OS2.ClH/c1-11-10-21-16(18-11)22-14-6-4-12(5-7-14)19-15(20)9-13-3-2-8-17-13;/h4-7,10,13,17H,2-3,8-9H2,1H3,(H,19,20);1H. The minimum absolute atomic E-state index is 0. The molecule has 1 aliphatic heterocycles. The quantitative estimate of drug-likeness (QED) is 0.832. The van der Waals surface area contributed by atoms with Crippen LogP contribution in [0.25, 0.3) is 0 Å². The highest BCUT2D eigenvalue weighted by molar-refractivity contribution is 8.01. The highest BCUT2D eigenvalue weighted by Gasteiger charge is 2.17.